The zero-order valence-corrected chi connectivity index (χ0v) is 14.4. The summed E-state index contributed by atoms with van der Waals surface area (Å²) in [6.07, 6.45) is 8.44. The SMILES string of the molecule is CCCNC(C1CCC(C)CC1)C1CN(CCC)CCO1. The lowest BCUT2D eigenvalue weighted by Gasteiger charge is -2.42. The van der Waals surface area contributed by atoms with Crippen LogP contribution < -0.4 is 5.32 Å². The monoisotopic (exact) mass is 296 g/mol. The summed E-state index contributed by atoms with van der Waals surface area (Å²) in [6.45, 7) is 12.5. The van der Waals surface area contributed by atoms with Crippen molar-refractivity contribution >= 4 is 0 Å². The molecule has 124 valence electrons. The summed E-state index contributed by atoms with van der Waals surface area (Å²) >= 11 is 0. The van der Waals surface area contributed by atoms with Gasteiger partial charge in [-0.1, -0.05) is 33.6 Å². The lowest BCUT2D eigenvalue weighted by Crippen LogP contribution is -2.55. The second kappa shape index (κ2) is 9.12. The highest BCUT2D eigenvalue weighted by Gasteiger charge is 2.34. The van der Waals surface area contributed by atoms with Gasteiger partial charge in [0.15, 0.2) is 0 Å². The van der Waals surface area contributed by atoms with Crippen molar-refractivity contribution in [3.8, 4) is 0 Å². The van der Waals surface area contributed by atoms with Crippen LogP contribution >= 0.6 is 0 Å². The van der Waals surface area contributed by atoms with E-state index in [-0.39, 0.29) is 0 Å². The van der Waals surface area contributed by atoms with Crippen LogP contribution in [0.3, 0.4) is 0 Å². The summed E-state index contributed by atoms with van der Waals surface area (Å²) in [5, 5.41) is 3.83. The molecule has 0 spiro atoms. The number of nitrogens with one attached hydrogen (secondary N) is 1. The van der Waals surface area contributed by atoms with Crippen LogP contribution in [0.4, 0.5) is 0 Å². The largest absolute Gasteiger partial charge is 0.374 e. The molecule has 2 rings (SSSR count). The number of rotatable bonds is 7. The molecule has 3 heteroatoms. The van der Waals surface area contributed by atoms with Gasteiger partial charge in [0.25, 0.3) is 0 Å². The first kappa shape index (κ1) is 17.2. The molecule has 1 aliphatic carbocycles. The predicted molar refractivity (Wildman–Crippen MR) is 89.7 cm³/mol. The number of hydrogen-bond acceptors (Lipinski definition) is 3. The van der Waals surface area contributed by atoms with Crippen LogP contribution in [-0.2, 0) is 4.74 Å². The number of morpholine rings is 1. The quantitative estimate of drug-likeness (QED) is 0.780. The fourth-order valence-corrected chi connectivity index (χ4v) is 4.03. The Morgan fingerprint density at radius 2 is 1.90 bits per heavy atom. The summed E-state index contributed by atoms with van der Waals surface area (Å²) in [5.74, 6) is 1.75. The van der Waals surface area contributed by atoms with Gasteiger partial charge in [0, 0.05) is 19.1 Å². The molecule has 1 aliphatic heterocycles. The normalized spacial score (nSPS) is 33.0. The molecule has 1 heterocycles. The average Bonchev–Trinajstić information content (AvgIpc) is 2.50. The van der Waals surface area contributed by atoms with Crippen molar-refractivity contribution in [3.63, 3.8) is 0 Å². The molecule has 2 aliphatic rings. The van der Waals surface area contributed by atoms with E-state index in [1.54, 1.807) is 0 Å². The lowest BCUT2D eigenvalue weighted by molar-refractivity contribution is -0.0601. The number of ether oxygens (including phenoxy) is 1. The molecular formula is C18H36N2O. The van der Waals surface area contributed by atoms with E-state index in [0.29, 0.717) is 12.1 Å². The Hall–Kier alpha value is -0.120. The second-order valence-electron chi connectivity index (χ2n) is 7.21. The van der Waals surface area contributed by atoms with Crippen LogP contribution in [0.5, 0.6) is 0 Å². The van der Waals surface area contributed by atoms with E-state index in [4.69, 9.17) is 4.74 Å². The Morgan fingerprint density at radius 1 is 1.14 bits per heavy atom. The molecule has 3 nitrogen and oxygen atoms in total. The zero-order valence-electron chi connectivity index (χ0n) is 14.4. The van der Waals surface area contributed by atoms with Crippen LogP contribution in [-0.4, -0.2) is 49.8 Å². The highest BCUT2D eigenvalue weighted by atomic mass is 16.5. The Labute approximate surface area is 131 Å². The first-order valence-corrected chi connectivity index (χ1v) is 9.31. The van der Waals surface area contributed by atoms with E-state index < -0.39 is 0 Å². The van der Waals surface area contributed by atoms with Gasteiger partial charge in [-0.05, 0) is 50.6 Å². The molecule has 2 fully saturated rings. The van der Waals surface area contributed by atoms with Crippen molar-refractivity contribution < 1.29 is 4.74 Å². The van der Waals surface area contributed by atoms with Crippen molar-refractivity contribution in [2.45, 2.75) is 71.4 Å². The standard InChI is InChI=1S/C18H36N2O/c1-4-10-19-18(16-8-6-15(3)7-9-16)17-14-20(11-5-2)12-13-21-17/h15-19H,4-14H2,1-3H3. The molecule has 0 aromatic heterocycles. The molecule has 0 aromatic rings. The van der Waals surface area contributed by atoms with E-state index in [2.05, 4.69) is 31.0 Å². The minimum absolute atomic E-state index is 0.398. The first-order chi connectivity index (χ1) is 10.2. The third-order valence-electron chi connectivity index (χ3n) is 5.32. The summed E-state index contributed by atoms with van der Waals surface area (Å²) in [6, 6.07) is 0.567. The maximum absolute atomic E-state index is 6.19. The second-order valence-corrected chi connectivity index (χ2v) is 7.21. The third-order valence-corrected chi connectivity index (χ3v) is 5.32. The molecule has 2 atom stereocenters. The lowest BCUT2D eigenvalue weighted by atomic mass is 9.77. The van der Waals surface area contributed by atoms with Gasteiger partial charge in [-0.3, -0.25) is 4.90 Å². The van der Waals surface area contributed by atoms with Gasteiger partial charge in [-0.25, -0.2) is 0 Å². The van der Waals surface area contributed by atoms with Gasteiger partial charge in [0.05, 0.1) is 12.7 Å². The molecule has 0 bridgehead atoms. The van der Waals surface area contributed by atoms with Gasteiger partial charge in [-0.15, -0.1) is 0 Å². The van der Waals surface area contributed by atoms with Crippen molar-refractivity contribution in [3.05, 3.63) is 0 Å². The van der Waals surface area contributed by atoms with Crippen molar-refractivity contribution in [1.82, 2.24) is 10.2 Å². The zero-order chi connectivity index (χ0) is 15.1. The van der Waals surface area contributed by atoms with Gasteiger partial charge >= 0.3 is 0 Å². The van der Waals surface area contributed by atoms with Crippen LogP contribution in [0, 0.1) is 11.8 Å². The van der Waals surface area contributed by atoms with Gasteiger partial charge < -0.3 is 10.1 Å². The van der Waals surface area contributed by atoms with E-state index >= 15 is 0 Å². The summed E-state index contributed by atoms with van der Waals surface area (Å²) in [7, 11) is 0. The summed E-state index contributed by atoms with van der Waals surface area (Å²) in [4.78, 5) is 2.60. The Kier molecular flexibility index (Phi) is 7.48. The van der Waals surface area contributed by atoms with Gasteiger partial charge in [0.1, 0.15) is 0 Å². The smallest absolute Gasteiger partial charge is 0.0857 e. The maximum atomic E-state index is 6.19. The number of hydrogen-bond donors (Lipinski definition) is 1. The van der Waals surface area contributed by atoms with E-state index in [0.717, 1.165) is 38.1 Å². The van der Waals surface area contributed by atoms with E-state index in [1.165, 1.54) is 45.1 Å². The number of nitrogens with zero attached hydrogens (tertiary/aromatic N) is 1. The fraction of sp³-hybridized carbons (Fsp3) is 1.00. The topological polar surface area (TPSA) is 24.5 Å². The van der Waals surface area contributed by atoms with E-state index in [9.17, 15) is 0 Å². The highest BCUT2D eigenvalue weighted by molar-refractivity contribution is 4.90. The molecule has 1 saturated carbocycles. The van der Waals surface area contributed by atoms with Crippen LogP contribution in [0.15, 0.2) is 0 Å². The van der Waals surface area contributed by atoms with Crippen molar-refractivity contribution in [2.24, 2.45) is 11.8 Å². The molecule has 2 unspecified atom stereocenters. The summed E-state index contributed by atoms with van der Waals surface area (Å²) < 4.78 is 6.19. The average molecular weight is 296 g/mol. The third kappa shape index (κ3) is 5.22. The minimum Gasteiger partial charge on any atom is -0.374 e. The van der Waals surface area contributed by atoms with Crippen molar-refractivity contribution in [2.75, 3.05) is 32.8 Å². The molecule has 0 aromatic carbocycles. The minimum atomic E-state index is 0.398. The van der Waals surface area contributed by atoms with Crippen LogP contribution in [0.25, 0.3) is 0 Å². The van der Waals surface area contributed by atoms with Gasteiger partial charge in [0.2, 0.25) is 0 Å². The molecule has 1 saturated heterocycles. The van der Waals surface area contributed by atoms with Crippen LogP contribution in [0.2, 0.25) is 0 Å². The van der Waals surface area contributed by atoms with Crippen LogP contribution in [0.1, 0.15) is 59.3 Å². The molecule has 0 amide bonds. The van der Waals surface area contributed by atoms with Crippen molar-refractivity contribution in [1.29, 1.82) is 0 Å². The highest BCUT2D eigenvalue weighted by Crippen LogP contribution is 2.32. The Balaban J connectivity index is 1.94. The molecule has 0 radical (unpaired) electrons. The molecule has 1 N–H and O–H groups in total. The van der Waals surface area contributed by atoms with E-state index in [1.807, 2.05) is 0 Å². The Morgan fingerprint density at radius 3 is 2.57 bits per heavy atom. The Bertz CT molecular complexity index is 274. The molecular weight excluding hydrogens is 260 g/mol. The first-order valence-electron chi connectivity index (χ1n) is 9.31. The predicted octanol–water partition coefficient (Wildman–Crippen LogP) is 3.29. The fourth-order valence-electron chi connectivity index (χ4n) is 4.03. The van der Waals surface area contributed by atoms with Gasteiger partial charge in [-0.2, -0.15) is 0 Å². The summed E-state index contributed by atoms with van der Waals surface area (Å²) in [5.41, 5.74) is 0. The maximum Gasteiger partial charge on any atom is 0.0857 e. The molecule has 21 heavy (non-hydrogen) atoms.